The highest BCUT2D eigenvalue weighted by Crippen LogP contribution is 2.29. The fraction of sp³-hybridized carbons (Fsp3) is 0.417. The molecule has 1 aromatic carbocycles. The highest BCUT2D eigenvalue weighted by molar-refractivity contribution is 5.77. The van der Waals surface area contributed by atoms with Gasteiger partial charge in [0.1, 0.15) is 11.5 Å². The van der Waals surface area contributed by atoms with Gasteiger partial charge in [0, 0.05) is 5.56 Å². The first kappa shape index (κ1) is 13.3. The lowest BCUT2D eigenvalue weighted by atomic mass is 10.1. The van der Waals surface area contributed by atoms with Crippen LogP contribution in [0.2, 0.25) is 0 Å². The summed E-state index contributed by atoms with van der Waals surface area (Å²) in [6, 6.07) is 4.84. The summed E-state index contributed by atoms with van der Waals surface area (Å²) in [6.07, 6.45) is -1.38. The highest BCUT2D eigenvalue weighted by atomic mass is 16.5. The van der Waals surface area contributed by atoms with Gasteiger partial charge in [-0.25, -0.2) is 4.79 Å². The van der Waals surface area contributed by atoms with E-state index < -0.39 is 12.1 Å². The summed E-state index contributed by atoms with van der Waals surface area (Å²) < 4.78 is 14.8. The van der Waals surface area contributed by atoms with Gasteiger partial charge in [0.05, 0.1) is 20.8 Å². The molecule has 0 heterocycles. The topological polar surface area (TPSA) is 65.0 Å². The van der Waals surface area contributed by atoms with Crippen molar-refractivity contribution in [3.8, 4) is 11.5 Å². The molecule has 1 rings (SSSR count). The smallest absolute Gasteiger partial charge is 0.339 e. The molecule has 1 aromatic rings. The minimum absolute atomic E-state index is 0.210. The van der Waals surface area contributed by atoms with Gasteiger partial charge in [0.2, 0.25) is 0 Å². The van der Waals surface area contributed by atoms with Crippen LogP contribution in [0.15, 0.2) is 18.2 Å². The Balaban J connectivity index is 3.04. The zero-order valence-electron chi connectivity index (χ0n) is 10.1. The van der Waals surface area contributed by atoms with Crippen molar-refractivity contribution in [1.29, 1.82) is 0 Å². The highest BCUT2D eigenvalue weighted by Gasteiger charge is 2.23. The molecule has 5 heteroatoms. The van der Waals surface area contributed by atoms with Crippen LogP contribution < -0.4 is 9.47 Å². The van der Waals surface area contributed by atoms with Crippen LogP contribution in [-0.2, 0) is 9.53 Å². The Morgan fingerprint density at radius 3 is 2.59 bits per heavy atom. The normalized spacial score (nSPS) is 11.8. The molecule has 0 spiro atoms. The maximum atomic E-state index is 11.4. The lowest BCUT2D eigenvalue weighted by Crippen LogP contribution is -2.16. The zero-order valence-corrected chi connectivity index (χ0v) is 10.1. The molecule has 0 radical (unpaired) electrons. The van der Waals surface area contributed by atoms with Crippen molar-refractivity contribution in [3.63, 3.8) is 0 Å². The van der Waals surface area contributed by atoms with E-state index in [1.165, 1.54) is 14.2 Å². The summed E-state index contributed by atoms with van der Waals surface area (Å²) in [4.78, 5) is 11.4. The first-order valence-corrected chi connectivity index (χ1v) is 5.20. The molecule has 0 aliphatic carbocycles. The molecule has 1 N–H and O–H groups in total. The SMILES string of the molecule is CCOC(=O)C(O)c1cc(OC)ccc1OC. The number of benzene rings is 1. The number of ether oxygens (including phenoxy) is 3. The predicted octanol–water partition coefficient (Wildman–Crippen LogP) is 1.30. The molecule has 0 aromatic heterocycles. The van der Waals surface area contributed by atoms with Crippen LogP contribution in [-0.4, -0.2) is 31.9 Å². The first-order chi connectivity index (χ1) is 8.13. The molecule has 0 saturated carbocycles. The first-order valence-electron chi connectivity index (χ1n) is 5.20. The average molecular weight is 240 g/mol. The number of aliphatic hydroxyl groups excluding tert-OH is 1. The fourth-order valence-electron chi connectivity index (χ4n) is 1.40. The summed E-state index contributed by atoms with van der Waals surface area (Å²) in [5.41, 5.74) is 0.324. The molecule has 17 heavy (non-hydrogen) atoms. The second kappa shape index (κ2) is 6.10. The Hall–Kier alpha value is -1.75. The van der Waals surface area contributed by atoms with Crippen molar-refractivity contribution in [1.82, 2.24) is 0 Å². The van der Waals surface area contributed by atoms with Crippen molar-refractivity contribution in [2.75, 3.05) is 20.8 Å². The number of carbonyl (C=O) groups excluding carboxylic acids is 1. The van der Waals surface area contributed by atoms with Gasteiger partial charge in [-0.1, -0.05) is 0 Å². The third-order valence-electron chi connectivity index (χ3n) is 2.24. The minimum Gasteiger partial charge on any atom is -0.497 e. The van der Waals surface area contributed by atoms with Gasteiger partial charge in [-0.2, -0.15) is 0 Å². The Morgan fingerprint density at radius 2 is 2.06 bits per heavy atom. The second-order valence-electron chi connectivity index (χ2n) is 3.26. The number of hydrogen-bond acceptors (Lipinski definition) is 5. The van der Waals surface area contributed by atoms with E-state index in [0.29, 0.717) is 17.1 Å². The van der Waals surface area contributed by atoms with Crippen LogP contribution in [0.1, 0.15) is 18.6 Å². The molecule has 0 bridgehead atoms. The molecular formula is C12H16O5. The van der Waals surface area contributed by atoms with E-state index in [4.69, 9.17) is 14.2 Å². The quantitative estimate of drug-likeness (QED) is 0.786. The largest absolute Gasteiger partial charge is 0.497 e. The van der Waals surface area contributed by atoms with Crippen LogP contribution in [0, 0.1) is 0 Å². The van der Waals surface area contributed by atoms with Crippen LogP contribution >= 0.6 is 0 Å². The van der Waals surface area contributed by atoms with Crippen LogP contribution in [0.25, 0.3) is 0 Å². The maximum absolute atomic E-state index is 11.4. The van der Waals surface area contributed by atoms with Gasteiger partial charge in [-0.05, 0) is 25.1 Å². The van der Waals surface area contributed by atoms with Crippen molar-refractivity contribution in [3.05, 3.63) is 23.8 Å². The van der Waals surface area contributed by atoms with E-state index in [1.54, 1.807) is 25.1 Å². The number of aliphatic hydroxyl groups is 1. The molecule has 1 unspecified atom stereocenters. The third kappa shape index (κ3) is 3.10. The summed E-state index contributed by atoms with van der Waals surface area (Å²) in [5, 5.41) is 9.84. The standard InChI is InChI=1S/C12H16O5/c1-4-17-12(14)11(13)9-7-8(15-2)5-6-10(9)16-3/h5-7,11,13H,4H2,1-3H3. The summed E-state index contributed by atoms with van der Waals surface area (Å²) >= 11 is 0. The molecule has 0 aliphatic rings. The van der Waals surface area contributed by atoms with Gasteiger partial charge in [-0.15, -0.1) is 0 Å². The molecule has 5 nitrogen and oxygen atoms in total. The van der Waals surface area contributed by atoms with Crippen molar-refractivity contribution in [2.45, 2.75) is 13.0 Å². The lowest BCUT2D eigenvalue weighted by molar-refractivity contribution is -0.153. The van der Waals surface area contributed by atoms with Crippen molar-refractivity contribution >= 4 is 5.97 Å². The van der Waals surface area contributed by atoms with E-state index in [2.05, 4.69) is 0 Å². The van der Waals surface area contributed by atoms with E-state index in [1.807, 2.05) is 0 Å². The molecule has 94 valence electrons. The van der Waals surface area contributed by atoms with E-state index in [0.717, 1.165) is 0 Å². The molecule has 1 atom stereocenters. The number of methoxy groups -OCH3 is 2. The van der Waals surface area contributed by atoms with Gasteiger partial charge < -0.3 is 19.3 Å². The monoisotopic (exact) mass is 240 g/mol. The summed E-state index contributed by atoms with van der Waals surface area (Å²) in [6.45, 7) is 1.88. The summed E-state index contributed by atoms with van der Waals surface area (Å²) in [5.74, 6) is 0.231. The van der Waals surface area contributed by atoms with Gasteiger partial charge in [-0.3, -0.25) is 0 Å². The van der Waals surface area contributed by atoms with Crippen molar-refractivity contribution < 1.29 is 24.1 Å². The van der Waals surface area contributed by atoms with Gasteiger partial charge in [0.15, 0.2) is 6.10 Å². The Kier molecular flexibility index (Phi) is 4.78. The lowest BCUT2D eigenvalue weighted by Gasteiger charge is -2.14. The Bertz CT molecular complexity index is 388. The number of rotatable bonds is 5. The van der Waals surface area contributed by atoms with Gasteiger partial charge >= 0.3 is 5.97 Å². The zero-order chi connectivity index (χ0) is 12.8. The fourth-order valence-corrected chi connectivity index (χ4v) is 1.40. The Labute approximate surface area is 99.9 Å². The molecule has 0 amide bonds. The van der Waals surface area contributed by atoms with Crippen molar-refractivity contribution in [2.24, 2.45) is 0 Å². The molecule has 0 aliphatic heterocycles. The van der Waals surface area contributed by atoms with E-state index in [-0.39, 0.29) is 6.61 Å². The average Bonchev–Trinajstić information content (AvgIpc) is 2.37. The van der Waals surface area contributed by atoms with Crippen LogP contribution in [0.3, 0.4) is 0 Å². The number of esters is 1. The van der Waals surface area contributed by atoms with E-state index in [9.17, 15) is 9.90 Å². The molecular weight excluding hydrogens is 224 g/mol. The predicted molar refractivity (Wildman–Crippen MR) is 61.1 cm³/mol. The van der Waals surface area contributed by atoms with Crippen LogP contribution in [0.4, 0.5) is 0 Å². The molecule has 0 fully saturated rings. The maximum Gasteiger partial charge on any atom is 0.339 e. The van der Waals surface area contributed by atoms with E-state index >= 15 is 0 Å². The number of carbonyl (C=O) groups is 1. The number of hydrogen-bond donors (Lipinski definition) is 1. The second-order valence-corrected chi connectivity index (χ2v) is 3.26. The molecule has 0 saturated heterocycles. The van der Waals surface area contributed by atoms with Crippen LogP contribution in [0.5, 0.6) is 11.5 Å². The van der Waals surface area contributed by atoms with Gasteiger partial charge in [0.25, 0.3) is 0 Å². The summed E-state index contributed by atoms with van der Waals surface area (Å²) in [7, 11) is 2.96. The minimum atomic E-state index is -1.38. The third-order valence-corrected chi connectivity index (χ3v) is 2.24. The Morgan fingerprint density at radius 1 is 1.35 bits per heavy atom.